The SMILES string of the molecule is Cc1cc2c(cc1F)[nH]c(=S)n2-c1ccccc1C. The molecule has 0 unspecified atom stereocenters. The van der Waals surface area contributed by atoms with Crippen molar-refractivity contribution >= 4 is 23.3 Å². The maximum Gasteiger partial charge on any atom is 0.182 e. The molecule has 2 aromatic carbocycles. The number of aryl methyl sites for hydroxylation is 2. The van der Waals surface area contributed by atoms with Crippen LogP contribution in [0.1, 0.15) is 11.1 Å². The van der Waals surface area contributed by atoms with Gasteiger partial charge < -0.3 is 4.98 Å². The zero-order valence-electron chi connectivity index (χ0n) is 10.7. The molecule has 0 aliphatic carbocycles. The first-order valence-corrected chi connectivity index (χ1v) is 6.45. The molecule has 0 aliphatic rings. The first kappa shape index (κ1) is 12.1. The van der Waals surface area contributed by atoms with Crippen LogP contribution in [0.2, 0.25) is 0 Å². The van der Waals surface area contributed by atoms with E-state index in [0.717, 1.165) is 22.3 Å². The number of rotatable bonds is 1. The molecule has 0 radical (unpaired) electrons. The van der Waals surface area contributed by atoms with Crippen LogP contribution in [-0.2, 0) is 0 Å². The van der Waals surface area contributed by atoms with Crippen LogP contribution in [0.25, 0.3) is 16.7 Å². The van der Waals surface area contributed by atoms with Crippen LogP contribution in [0.3, 0.4) is 0 Å². The molecule has 0 aliphatic heterocycles. The smallest absolute Gasteiger partial charge is 0.182 e. The van der Waals surface area contributed by atoms with Gasteiger partial charge in [0, 0.05) is 0 Å². The fourth-order valence-electron chi connectivity index (χ4n) is 2.29. The lowest BCUT2D eigenvalue weighted by atomic mass is 10.1. The summed E-state index contributed by atoms with van der Waals surface area (Å²) in [4.78, 5) is 3.06. The highest BCUT2D eigenvalue weighted by atomic mass is 32.1. The number of fused-ring (bicyclic) bond motifs is 1. The Kier molecular flexibility index (Phi) is 2.75. The van der Waals surface area contributed by atoms with Gasteiger partial charge in [0.15, 0.2) is 4.77 Å². The summed E-state index contributed by atoms with van der Waals surface area (Å²) in [6.07, 6.45) is 0. The van der Waals surface area contributed by atoms with Crippen LogP contribution in [0.5, 0.6) is 0 Å². The Labute approximate surface area is 115 Å². The van der Waals surface area contributed by atoms with E-state index in [1.54, 1.807) is 6.92 Å². The summed E-state index contributed by atoms with van der Waals surface area (Å²) in [6, 6.07) is 11.3. The molecule has 0 bridgehead atoms. The minimum absolute atomic E-state index is 0.222. The first-order chi connectivity index (χ1) is 9.08. The molecule has 0 atom stereocenters. The Morgan fingerprint density at radius 2 is 1.84 bits per heavy atom. The van der Waals surface area contributed by atoms with Gasteiger partial charge in [-0.05, 0) is 55.4 Å². The quantitative estimate of drug-likeness (QED) is 0.649. The van der Waals surface area contributed by atoms with Crippen LogP contribution >= 0.6 is 12.2 Å². The van der Waals surface area contributed by atoms with Crippen LogP contribution < -0.4 is 0 Å². The minimum atomic E-state index is -0.222. The van der Waals surface area contributed by atoms with E-state index >= 15 is 0 Å². The third kappa shape index (κ3) is 1.88. The van der Waals surface area contributed by atoms with E-state index in [0.29, 0.717) is 10.3 Å². The van der Waals surface area contributed by atoms with Gasteiger partial charge in [0.05, 0.1) is 16.7 Å². The van der Waals surface area contributed by atoms with Gasteiger partial charge in [-0.3, -0.25) is 4.57 Å². The van der Waals surface area contributed by atoms with Crippen molar-refractivity contribution in [2.75, 3.05) is 0 Å². The zero-order chi connectivity index (χ0) is 13.6. The number of imidazole rings is 1. The third-order valence-electron chi connectivity index (χ3n) is 3.32. The van der Waals surface area contributed by atoms with Crippen LogP contribution in [0, 0.1) is 24.4 Å². The summed E-state index contributed by atoms with van der Waals surface area (Å²) in [5.74, 6) is -0.222. The number of benzene rings is 2. The number of aromatic nitrogens is 2. The van der Waals surface area contributed by atoms with Crippen molar-refractivity contribution in [1.82, 2.24) is 9.55 Å². The van der Waals surface area contributed by atoms with Crippen molar-refractivity contribution in [3.05, 3.63) is 58.1 Å². The van der Waals surface area contributed by atoms with E-state index in [2.05, 4.69) is 4.98 Å². The molecule has 2 nitrogen and oxygen atoms in total. The summed E-state index contributed by atoms with van der Waals surface area (Å²) >= 11 is 5.37. The average molecular weight is 272 g/mol. The Hall–Kier alpha value is -1.94. The summed E-state index contributed by atoms with van der Waals surface area (Å²) < 4.78 is 16.1. The highest BCUT2D eigenvalue weighted by Crippen LogP contribution is 2.24. The van der Waals surface area contributed by atoms with Gasteiger partial charge in [-0.1, -0.05) is 18.2 Å². The van der Waals surface area contributed by atoms with Crippen LogP contribution in [0.15, 0.2) is 36.4 Å². The van der Waals surface area contributed by atoms with Crippen molar-refractivity contribution in [2.24, 2.45) is 0 Å². The highest BCUT2D eigenvalue weighted by molar-refractivity contribution is 7.71. The van der Waals surface area contributed by atoms with Gasteiger partial charge in [0.1, 0.15) is 5.82 Å². The fraction of sp³-hybridized carbons (Fsp3) is 0.133. The molecule has 0 saturated carbocycles. The summed E-state index contributed by atoms with van der Waals surface area (Å²) in [7, 11) is 0. The van der Waals surface area contributed by atoms with Gasteiger partial charge >= 0.3 is 0 Å². The second-order valence-electron chi connectivity index (χ2n) is 4.67. The molecule has 0 amide bonds. The van der Waals surface area contributed by atoms with Gasteiger partial charge in [-0.15, -0.1) is 0 Å². The summed E-state index contributed by atoms with van der Waals surface area (Å²) in [5.41, 5.74) is 4.38. The lowest BCUT2D eigenvalue weighted by molar-refractivity contribution is 0.620. The van der Waals surface area contributed by atoms with E-state index in [1.807, 2.05) is 41.8 Å². The van der Waals surface area contributed by atoms with Crippen LogP contribution in [-0.4, -0.2) is 9.55 Å². The van der Waals surface area contributed by atoms with E-state index in [4.69, 9.17) is 12.2 Å². The van der Waals surface area contributed by atoms with E-state index in [-0.39, 0.29) is 5.82 Å². The second kappa shape index (κ2) is 4.31. The Morgan fingerprint density at radius 3 is 2.58 bits per heavy atom. The standard InChI is InChI=1S/C15H13FN2S/c1-9-5-3-4-6-13(9)18-14-7-10(2)11(16)8-12(14)17-15(18)19/h3-8H,1-2H3,(H,17,19). The molecule has 1 N–H and O–H groups in total. The molecular weight excluding hydrogens is 259 g/mol. The largest absolute Gasteiger partial charge is 0.330 e. The number of para-hydroxylation sites is 1. The Morgan fingerprint density at radius 1 is 1.11 bits per heavy atom. The third-order valence-corrected chi connectivity index (χ3v) is 3.60. The summed E-state index contributed by atoms with van der Waals surface area (Å²) in [6.45, 7) is 3.79. The van der Waals surface area contributed by atoms with Gasteiger partial charge in [0.25, 0.3) is 0 Å². The number of nitrogens with zero attached hydrogens (tertiary/aromatic N) is 1. The molecule has 0 saturated heterocycles. The van der Waals surface area contributed by atoms with Crippen molar-refractivity contribution in [3.63, 3.8) is 0 Å². The molecule has 3 rings (SSSR count). The molecule has 0 fully saturated rings. The van der Waals surface area contributed by atoms with Crippen LogP contribution in [0.4, 0.5) is 4.39 Å². The number of halogens is 1. The fourth-order valence-corrected chi connectivity index (χ4v) is 2.59. The molecule has 19 heavy (non-hydrogen) atoms. The van der Waals surface area contributed by atoms with Crippen molar-refractivity contribution in [1.29, 1.82) is 0 Å². The predicted octanol–water partition coefficient (Wildman–Crippen LogP) is 4.44. The predicted molar refractivity (Wildman–Crippen MR) is 77.9 cm³/mol. The monoisotopic (exact) mass is 272 g/mol. The maximum atomic E-state index is 13.6. The second-order valence-corrected chi connectivity index (χ2v) is 5.06. The molecular formula is C15H13FN2S. The van der Waals surface area contributed by atoms with Gasteiger partial charge in [-0.25, -0.2) is 4.39 Å². The number of hydrogen-bond donors (Lipinski definition) is 1. The van der Waals surface area contributed by atoms with Gasteiger partial charge in [0.2, 0.25) is 0 Å². The van der Waals surface area contributed by atoms with Gasteiger partial charge in [-0.2, -0.15) is 0 Å². The Balaban J connectivity index is 2.42. The van der Waals surface area contributed by atoms with Crippen molar-refractivity contribution in [3.8, 4) is 5.69 Å². The lowest BCUT2D eigenvalue weighted by Gasteiger charge is -2.08. The topological polar surface area (TPSA) is 20.7 Å². The molecule has 1 aromatic heterocycles. The van der Waals surface area contributed by atoms with E-state index in [1.165, 1.54) is 6.07 Å². The molecule has 0 spiro atoms. The maximum absolute atomic E-state index is 13.6. The molecule has 3 aromatic rings. The zero-order valence-corrected chi connectivity index (χ0v) is 11.5. The normalized spacial score (nSPS) is 11.1. The van der Waals surface area contributed by atoms with Crippen molar-refractivity contribution < 1.29 is 4.39 Å². The highest BCUT2D eigenvalue weighted by Gasteiger charge is 2.10. The Bertz CT molecular complexity index is 830. The summed E-state index contributed by atoms with van der Waals surface area (Å²) in [5, 5.41) is 0. The van der Waals surface area contributed by atoms with Crippen molar-refractivity contribution in [2.45, 2.75) is 13.8 Å². The number of nitrogens with one attached hydrogen (secondary N) is 1. The number of aromatic amines is 1. The van der Waals surface area contributed by atoms with E-state index < -0.39 is 0 Å². The minimum Gasteiger partial charge on any atom is -0.330 e. The number of hydrogen-bond acceptors (Lipinski definition) is 1. The molecule has 96 valence electrons. The lowest BCUT2D eigenvalue weighted by Crippen LogP contribution is -1.97. The molecule has 4 heteroatoms. The van der Waals surface area contributed by atoms with E-state index in [9.17, 15) is 4.39 Å². The number of H-pyrrole nitrogens is 1. The molecule has 1 heterocycles. The average Bonchev–Trinajstić information content (AvgIpc) is 2.66. The first-order valence-electron chi connectivity index (χ1n) is 6.05.